The van der Waals surface area contributed by atoms with E-state index in [0.29, 0.717) is 18.6 Å². The Labute approximate surface area is 121 Å². The molecule has 2 atom stereocenters. The van der Waals surface area contributed by atoms with Crippen molar-refractivity contribution in [3.63, 3.8) is 0 Å². The second-order valence-electron chi connectivity index (χ2n) is 5.37. The first-order valence-electron chi connectivity index (χ1n) is 7.35. The van der Waals surface area contributed by atoms with Crippen LogP contribution in [0.3, 0.4) is 0 Å². The van der Waals surface area contributed by atoms with Crippen LogP contribution in [0.4, 0.5) is 0 Å². The third-order valence-corrected chi connectivity index (χ3v) is 3.98. The highest BCUT2D eigenvalue weighted by atomic mass is 16.5. The van der Waals surface area contributed by atoms with Gasteiger partial charge in [0.15, 0.2) is 0 Å². The van der Waals surface area contributed by atoms with Gasteiger partial charge < -0.3 is 15.0 Å². The van der Waals surface area contributed by atoms with E-state index in [0.717, 1.165) is 30.8 Å². The molecule has 2 unspecified atom stereocenters. The van der Waals surface area contributed by atoms with Gasteiger partial charge in [0.2, 0.25) is 0 Å². The minimum Gasteiger partial charge on any atom is -0.494 e. The summed E-state index contributed by atoms with van der Waals surface area (Å²) in [6.07, 6.45) is 1.01. The van der Waals surface area contributed by atoms with Gasteiger partial charge in [0.1, 0.15) is 5.75 Å². The van der Waals surface area contributed by atoms with Crippen LogP contribution >= 0.6 is 0 Å². The van der Waals surface area contributed by atoms with Crippen molar-refractivity contribution in [1.29, 1.82) is 0 Å². The first kappa shape index (κ1) is 14.9. The molecule has 1 aromatic rings. The molecular weight excluding hydrogens is 252 g/mol. The molecule has 0 bridgehead atoms. The van der Waals surface area contributed by atoms with Crippen molar-refractivity contribution >= 4 is 5.91 Å². The standard InChI is InChI=1S/C16H24N2O2/c1-4-20-14-7-5-13(6-8-14)16(19)18-10-9-15(17-3)12(2)11-18/h5-8,12,15,17H,4,9-11H2,1-3H3. The third kappa shape index (κ3) is 3.31. The van der Waals surface area contributed by atoms with Gasteiger partial charge in [-0.15, -0.1) is 0 Å². The number of carbonyl (C=O) groups excluding carboxylic acids is 1. The SMILES string of the molecule is CCOc1ccc(C(=O)N2CCC(NC)C(C)C2)cc1. The monoisotopic (exact) mass is 276 g/mol. The number of rotatable bonds is 4. The Balaban J connectivity index is 2.00. The molecule has 1 fully saturated rings. The quantitative estimate of drug-likeness (QED) is 0.916. The molecule has 1 heterocycles. The van der Waals surface area contributed by atoms with Crippen molar-refractivity contribution in [3.05, 3.63) is 29.8 Å². The number of nitrogens with one attached hydrogen (secondary N) is 1. The minimum atomic E-state index is 0.120. The number of benzene rings is 1. The Kier molecular flexibility index (Phi) is 5.01. The zero-order chi connectivity index (χ0) is 14.5. The van der Waals surface area contributed by atoms with E-state index in [1.165, 1.54) is 0 Å². The fourth-order valence-corrected chi connectivity index (χ4v) is 2.80. The molecule has 2 rings (SSSR count). The lowest BCUT2D eigenvalue weighted by atomic mass is 9.93. The average Bonchev–Trinajstić information content (AvgIpc) is 2.47. The number of hydrogen-bond acceptors (Lipinski definition) is 3. The highest BCUT2D eigenvalue weighted by molar-refractivity contribution is 5.94. The summed E-state index contributed by atoms with van der Waals surface area (Å²) < 4.78 is 5.40. The number of carbonyl (C=O) groups is 1. The molecule has 0 aromatic heterocycles. The smallest absolute Gasteiger partial charge is 0.253 e. The Hall–Kier alpha value is -1.55. The van der Waals surface area contributed by atoms with Crippen molar-refractivity contribution in [2.45, 2.75) is 26.3 Å². The van der Waals surface area contributed by atoms with E-state index < -0.39 is 0 Å². The molecule has 20 heavy (non-hydrogen) atoms. The summed E-state index contributed by atoms with van der Waals surface area (Å²) in [7, 11) is 1.99. The Morgan fingerprint density at radius 3 is 2.65 bits per heavy atom. The van der Waals surface area contributed by atoms with Gasteiger partial charge in [-0.05, 0) is 50.6 Å². The van der Waals surface area contributed by atoms with Crippen LogP contribution in [0, 0.1) is 5.92 Å². The number of hydrogen-bond donors (Lipinski definition) is 1. The number of ether oxygens (including phenoxy) is 1. The molecule has 0 aliphatic carbocycles. The first-order chi connectivity index (χ1) is 9.65. The van der Waals surface area contributed by atoms with E-state index in [1.807, 2.05) is 43.1 Å². The lowest BCUT2D eigenvalue weighted by molar-refractivity contribution is 0.0649. The molecule has 4 heteroatoms. The molecule has 4 nitrogen and oxygen atoms in total. The molecule has 0 spiro atoms. The van der Waals surface area contributed by atoms with E-state index in [4.69, 9.17) is 4.74 Å². The molecule has 1 saturated heterocycles. The van der Waals surface area contributed by atoms with Gasteiger partial charge in [-0.1, -0.05) is 6.92 Å². The van der Waals surface area contributed by atoms with Gasteiger partial charge in [-0.2, -0.15) is 0 Å². The largest absolute Gasteiger partial charge is 0.494 e. The van der Waals surface area contributed by atoms with Gasteiger partial charge in [-0.3, -0.25) is 4.79 Å². The molecule has 1 aliphatic rings. The zero-order valence-electron chi connectivity index (χ0n) is 12.6. The highest BCUT2D eigenvalue weighted by Gasteiger charge is 2.28. The molecule has 1 aromatic carbocycles. The summed E-state index contributed by atoms with van der Waals surface area (Å²) in [4.78, 5) is 14.4. The second kappa shape index (κ2) is 6.75. The molecule has 1 aliphatic heterocycles. The summed E-state index contributed by atoms with van der Waals surface area (Å²) >= 11 is 0. The first-order valence-corrected chi connectivity index (χ1v) is 7.35. The molecule has 0 radical (unpaired) electrons. The summed E-state index contributed by atoms with van der Waals surface area (Å²) in [6, 6.07) is 7.94. The maximum Gasteiger partial charge on any atom is 0.253 e. The predicted molar refractivity (Wildman–Crippen MR) is 80.1 cm³/mol. The zero-order valence-corrected chi connectivity index (χ0v) is 12.6. The van der Waals surface area contributed by atoms with E-state index >= 15 is 0 Å². The van der Waals surface area contributed by atoms with E-state index in [-0.39, 0.29) is 5.91 Å². The lowest BCUT2D eigenvalue weighted by Crippen LogP contribution is -2.49. The van der Waals surface area contributed by atoms with Crippen LogP contribution in [-0.4, -0.2) is 43.6 Å². The molecule has 1 N–H and O–H groups in total. The average molecular weight is 276 g/mol. The lowest BCUT2D eigenvalue weighted by Gasteiger charge is -2.36. The molecule has 0 saturated carbocycles. The molecule has 110 valence electrons. The van der Waals surface area contributed by atoms with Crippen molar-refractivity contribution < 1.29 is 9.53 Å². The third-order valence-electron chi connectivity index (χ3n) is 3.98. The summed E-state index contributed by atoms with van der Waals surface area (Å²) in [5, 5.41) is 3.32. The van der Waals surface area contributed by atoms with Crippen molar-refractivity contribution in [2.75, 3.05) is 26.7 Å². The van der Waals surface area contributed by atoms with Crippen molar-refractivity contribution in [3.8, 4) is 5.75 Å². The summed E-state index contributed by atoms with van der Waals surface area (Å²) in [6.45, 7) is 6.42. The van der Waals surface area contributed by atoms with Gasteiger partial charge in [0.25, 0.3) is 5.91 Å². The van der Waals surface area contributed by atoms with Gasteiger partial charge >= 0.3 is 0 Å². The minimum absolute atomic E-state index is 0.120. The molecule has 1 amide bonds. The Bertz CT molecular complexity index is 444. The molecular formula is C16H24N2O2. The van der Waals surface area contributed by atoms with Crippen LogP contribution in [0.5, 0.6) is 5.75 Å². The van der Waals surface area contributed by atoms with Crippen LogP contribution in [0.25, 0.3) is 0 Å². The van der Waals surface area contributed by atoms with Crippen LogP contribution < -0.4 is 10.1 Å². The summed E-state index contributed by atoms with van der Waals surface area (Å²) in [5.41, 5.74) is 0.739. The van der Waals surface area contributed by atoms with Gasteiger partial charge in [0, 0.05) is 24.7 Å². The second-order valence-corrected chi connectivity index (χ2v) is 5.37. The number of piperidine rings is 1. The van der Waals surface area contributed by atoms with Crippen LogP contribution in [0.2, 0.25) is 0 Å². The van der Waals surface area contributed by atoms with Crippen LogP contribution in [-0.2, 0) is 0 Å². The van der Waals surface area contributed by atoms with Crippen molar-refractivity contribution in [1.82, 2.24) is 10.2 Å². The maximum atomic E-state index is 12.5. The van der Waals surface area contributed by atoms with Gasteiger partial charge in [0.05, 0.1) is 6.61 Å². The number of likely N-dealkylation sites (tertiary alicyclic amines) is 1. The maximum absolute atomic E-state index is 12.5. The fourth-order valence-electron chi connectivity index (χ4n) is 2.80. The van der Waals surface area contributed by atoms with E-state index in [2.05, 4.69) is 12.2 Å². The Morgan fingerprint density at radius 2 is 2.10 bits per heavy atom. The predicted octanol–water partition coefficient (Wildman–Crippen LogP) is 2.16. The van der Waals surface area contributed by atoms with Crippen LogP contribution in [0.15, 0.2) is 24.3 Å². The van der Waals surface area contributed by atoms with Crippen LogP contribution in [0.1, 0.15) is 30.6 Å². The highest BCUT2D eigenvalue weighted by Crippen LogP contribution is 2.20. The number of amides is 1. The van der Waals surface area contributed by atoms with Gasteiger partial charge in [-0.25, -0.2) is 0 Å². The van der Waals surface area contributed by atoms with E-state index in [1.54, 1.807) is 0 Å². The topological polar surface area (TPSA) is 41.6 Å². The number of nitrogens with zero attached hydrogens (tertiary/aromatic N) is 1. The fraction of sp³-hybridized carbons (Fsp3) is 0.562. The Morgan fingerprint density at radius 1 is 1.40 bits per heavy atom. The van der Waals surface area contributed by atoms with Crippen molar-refractivity contribution in [2.24, 2.45) is 5.92 Å². The normalized spacial score (nSPS) is 22.6. The van der Waals surface area contributed by atoms with E-state index in [9.17, 15) is 4.79 Å². The summed E-state index contributed by atoms with van der Waals surface area (Å²) in [5.74, 6) is 1.42.